The third-order valence-electron chi connectivity index (χ3n) is 3.00. The number of fused-ring (bicyclic) bond motifs is 3. The molecule has 0 spiro atoms. The van der Waals surface area contributed by atoms with Crippen LogP contribution < -0.4 is 16.5 Å². The summed E-state index contributed by atoms with van der Waals surface area (Å²) in [5.41, 5.74) is 11.7. The van der Waals surface area contributed by atoms with Gasteiger partial charge in [0.2, 0.25) is 0 Å². The summed E-state index contributed by atoms with van der Waals surface area (Å²) < 4.78 is 2.14. The van der Waals surface area contributed by atoms with E-state index in [0.717, 1.165) is 30.9 Å². The number of hydrogen-bond donors (Lipinski definition) is 3. The van der Waals surface area contributed by atoms with Gasteiger partial charge in [0.25, 0.3) is 5.91 Å². The Balaban J connectivity index is 2.17. The highest BCUT2D eigenvalue weighted by Gasteiger charge is 2.26. The van der Waals surface area contributed by atoms with Gasteiger partial charge in [0.15, 0.2) is 5.71 Å². The molecule has 4 N–H and O–H groups in total. The second kappa shape index (κ2) is 3.34. The lowest BCUT2D eigenvalue weighted by molar-refractivity contribution is -0.112. The fourth-order valence-corrected chi connectivity index (χ4v) is 2.32. The summed E-state index contributed by atoms with van der Waals surface area (Å²) in [5, 5.41) is 7.30. The first-order valence-corrected chi connectivity index (χ1v) is 5.30. The summed E-state index contributed by atoms with van der Waals surface area (Å²) in [6.45, 7) is 3.26. The van der Waals surface area contributed by atoms with Gasteiger partial charge in [0, 0.05) is 30.9 Å². The Kier molecular flexibility index (Phi) is 1.97. The number of carbonyl (C=O) groups excluding carboxylic acids is 1. The van der Waals surface area contributed by atoms with Crippen LogP contribution in [-0.4, -0.2) is 22.7 Å². The first-order chi connectivity index (χ1) is 7.77. The van der Waals surface area contributed by atoms with E-state index < -0.39 is 5.91 Å². The zero-order valence-electron chi connectivity index (χ0n) is 8.79. The first kappa shape index (κ1) is 9.41. The van der Waals surface area contributed by atoms with E-state index in [0.29, 0.717) is 12.3 Å². The molecule has 16 heavy (non-hydrogen) atoms. The van der Waals surface area contributed by atoms with Crippen LogP contribution in [0, 0.1) is 0 Å². The molecular formula is C10H13N5O. The minimum absolute atomic E-state index is 0.342. The Morgan fingerprint density at radius 2 is 2.38 bits per heavy atom. The maximum atomic E-state index is 11.3. The monoisotopic (exact) mass is 219 g/mol. The molecule has 0 saturated heterocycles. The molecule has 0 radical (unpaired) electrons. The van der Waals surface area contributed by atoms with Gasteiger partial charge in [0.05, 0.1) is 12.2 Å². The number of nitrogens with two attached hydrogens (primary N) is 1. The molecule has 3 heterocycles. The lowest BCUT2D eigenvalue weighted by Gasteiger charge is -2.20. The molecule has 6 nitrogen and oxygen atoms in total. The van der Waals surface area contributed by atoms with E-state index in [1.54, 1.807) is 0 Å². The van der Waals surface area contributed by atoms with Crippen molar-refractivity contribution in [3.8, 4) is 0 Å². The smallest absolute Gasteiger partial charge is 0.271 e. The van der Waals surface area contributed by atoms with E-state index in [-0.39, 0.29) is 0 Å². The highest BCUT2D eigenvalue weighted by atomic mass is 16.1. The van der Waals surface area contributed by atoms with Crippen molar-refractivity contribution in [3.63, 3.8) is 0 Å². The normalized spacial score (nSPS) is 18.1. The molecule has 0 atom stereocenters. The minimum Gasteiger partial charge on any atom is -0.364 e. The number of nitrogens with zero attached hydrogens (tertiary/aromatic N) is 2. The molecule has 2 aliphatic rings. The standard InChI is InChI=1S/C10H13N5O/c11-10(16)8-9-6(4-13-14-8)3-7-5-12-1-2-15(7)9/h3,12-13H,1-2,4-5H2,(H2,11,16). The maximum absolute atomic E-state index is 11.3. The van der Waals surface area contributed by atoms with E-state index in [9.17, 15) is 4.79 Å². The molecule has 1 amide bonds. The Hall–Kier alpha value is -1.82. The van der Waals surface area contributed by atoms with E-state index in [1.165, 1.54) is 5.69 Å². The predicted octanol–water partition coefficient (Wildman–Crippen LogP) is -1.12. The van der Waals surface area contributed by atoms with Crippen molar-refractivity contribution in [2.45, 2.75) is 19.6 Å². The predicted molar refractivity (Wildman–Crippen MR) is 58.7 cm³/mol. The molecule has 84 valence electrons. The van der Waals surface area contributed by atoms with Gasteiger partial charge in [-0.2, -0.15) is 5.10 Å². The zero-order chi connectivity index (χ0) is 11.1. The van der Waals surface area contributed by atoms with Crippen LogP contribution in [0.2, 0.25) is 0 Å². The highest BCUT2D eigenvalue weighted by Crippen LogP contribution is 2.21. The molecule has 0 unspecified atom stereocenters. The number of amides is 1. The van der Waals surface area contributed by atoms with Gasteiger partial charge in [-0.3, -0.25) is 4.79 Å². The fourth-order valence-electron chi connectivity index (χ4n) is 2.32. The third kappa shape index (κ3) is 1.23. The third-order valence-corrected chi connectivity index (χ3v) is 3.00. The van der Waals surface area contributed by atoms with Crippen LogP contribution in [0.25, 0.3) is 0 Å². The summed E-state index contributed by atoms with van der Waals surface area (Å²) in [6, 6.07) is 2.10. The number of hydrogen-bond acceptors (Lipinski definition) is 4. The van der Waals surface area contributed by atoms with Gasteiger partial charge in [-0.25, -0.2) is 0 Å². The summed E-state index contributed by atoms with van der Waals surface area (Å²) in [7, 11) is 0. The lowest BCUT2D eigenvalue weighted by atomic mass is 10.1. The molecule has 3 rings (SSSR count). The lowest BCUT2D eigenvalue weighted by Crippen LogP contribution is -2.35. The molecule has 0 bridgehead atoms. The van der Waals surface area contributed by atoms with Gasteiger partial charge in [0.1, 0.15) is 0 Å². The van der Waals surface area contributed by atoms with E-state index >= 15 is 0 Å². The van der Waals surface area contributed by atoms with Crippen LogP contribution in [0.3, 0.4) is 0 Å². The summed E-state index contributed by atoms with van der Waals surface area (Å²) in [4.78, 5) is 11.3. The molecule has 0 saturated carbocycles. The van der Waals surface area contributed by atoms with Crippen molar-refractivity contribution in [2.24, 2.45) is 10.8 Å². The van der Waals surface area contributed by atoms with Gasteiger partial charge < -0.3 is 21.0 Å². The zero-order valence-corrected chi connectivity index (χ0v) is 8.79. The SMILES string of the molecule is NC(=O)C1=NNCc2cc3n(c21)CCNC3. The molecule has 2 aliphatic heterocycles. The van der Waals surface area contributed by atoms with Gasteiger partial charge >= 0.3 is 0 Å². The molecular weight excluding hydrogens is 206 g/mol. The van der Waals surface area contributed by atoms with Crippen molar-refractivity contribution in [2.75, 3.05) is 6.54 Å². The second-order valence-electron chi connectivity index (χ2n) is 4.00. The molecule has 0 fully saturated rings. The van der Waals surface area contributed by atoms with E-state index in [4.69, 9.17) is 5.73 Å². The van der Waals surface area contributed by atoms with Crippen LogP contribution in [-0.2, 0) is 24.4 Å². The summed E-state index contributed by atoms with van der Waals surface area (Å²) >= 11 is 0. The van der Waals surface area contributed by atoms with Crippen molar-refractivity contribution >= 4 is 11.6 Å². The topological polar surface area (TPSA) is 84.4 Å². The maximum Gasteiger partial charge on any atom is 0.271 e. The molecule has 0 aliphatic carbocycles. The molecule has 1 aromatic heterocycles. The van der Waals surface area contributed by atoms with Crippen molar-refractivity contribution in [1.29, 1.82) is 0 Å². The van der Waals surface area contributed by atoms with E-state index in [2.05, 4.69) is 26.5 Å². The summed E-state index contributed by atoms with van der Waals surface area (Å²) in [6.07, 6.45) is 0. The molecule has 1 aromatic rings. The largest absolute Gasteiger partial charge is 0.364 e. The Morgan fingerprint density at radius 1 is 1.50 bits per heavy atom. The Morgan fingerprint density at radius 3 is 3.19 bits per heavy atom. The molecule has 6 heteroatoms. The van der Waals surface area contributed by atoms with Crippen molar-refractivity contribution < 1.29 is 4.79 Å². The fraction of sp³-hybridized carbons (Fsp3) is 0.400. The van der Waals surface area contributed by atoms with Gasteiger partial charge in [-0.1, -0.05) is 0 Å². The number of aromatic nitrogens is 1. The average molecular weight is 219 g/mol. The number of hydrazone groups is 1. The average Bonchev–Trinajstić information content (AvgIpc) is 2.66. The highest BCUT2D eigenvalue weighted by molar-refractivity contribution is 6.44. The number of primary amides is 1. The van der Waals surface area contributed by atoms with Crippen LogP contribution in [0.4, 0.5) is 0 Å². The van der Waals surface area contributed by atoms with Gasteiger partial charge in [-0.15, -0.1) is 0 Å². The van der Waals surface area contributed by atoms with Gasteiger partial charge in [-0.05, 0) is 6.07 Å². The van der Waals surface area contributed by atoms with Crippen molar-refractivity contribution in [3.05, 3.63) is 23.0 Å². The number of carbonyl (C=O) groups is 1. The Labute approximate surface area is 92.5 Å². The van der Waals surface area contributed by atoms with Crippen LogP contribution in [0.5, 0.6) is 0 Å². The van der Waals surface area contributed by atoms with Crippen LogP contribution in [0.1, 0.15) is 17.0 Å². The van der Waals surface area contributed by atoms with E-state index in [1.807, 2.05) is 0 Å². The van der Waals surface area contributed by atoms with Crippen molar-refractivity contribution in [1.82, 2.24) is 15.3 Å². The minimum atomic E-state index is -0.479. The van der Waals surface area contributed by atoms with Crippen LogP contribution in [0.15, 0.2) is 11.2 Å². The number of nitrogens with one attached hydrogen (secondary N) is 2. The Bertz CT molecular complexity index is 488. The second-order valence-corrected chi connectivity index (χ2v) is 4.00. The molecule has 0 aromatic carbocycles. The first-order valence-electron chi connectivity index (χ1n) is 5.30. The quantitative estimate of drug-likeness (QED) is 0.559. The summed E-state index contributed by atoms with van der Waals surface area (Å²) in [5.74, 6) is -0.479. The van der Waals surface area contributed by atoms with Crippen LogP contribution >= 0.6 is 0 Å². The number of rotatable bonds is 1.